The summed E-state index contributed by atoms with van der Waals surface area (Å²) in [5.74, 6) is 1.13. The lowest BCUT2D eigenvalue weighted by atomic mass is 10.2. The molecule has 3 rings (SSSR count). The topological polar surface area (TPSA) is 94.2 Å². The van der Waals surface area contributed by atoms with Crippen molar-refractivity contribution in [2.45, 2.75) is 4.90 Å². The maximum absolute atomic E-state index is 12.7. The van der Waals surface area contributed by atoms with Crippen molar-refractivity contribution in [2.24, 2.45) is 0 Å². The zero-order chi connectivity index (χ0) is 23.1. The van der Waals surface area contributed by atoms with Gasteiger partial charge in [-0.3, -0.25) is 9.10 Å². The Kier molecular flexibility index (Phi) is 7.21. The van der Waals surface area contributed by atoms with Crippen LogP contribution in [0.3, 0.4) is 0 Å². The Morgan fingerprint density at radius 3 is 2.19 bits per heavy atom. The highest BCUT2D eigenvalue weighted by Crippen LogP contribution is 2.29. The van der Waals surface area contributed by atoms with Crippen molar-refractivity contribution in [3.05, 3.63) is 72.8 Å². The second kappa shape index (κ2) is 10.1. The largest absolute Gasteiger partial charge is 0.493 e. The van der Waals surface area contributed by atoms with Crippen LogP contribution in [0.4, 0.5) is 11.4 Å². The van der Waals surface area contributed by atoms with E-state index < -0.39 is 10.0 Å². The van der Waals surface area contributed by atoms with E-state index in [0.717, 1.165) is 0 Å². The molecule has 0 atom stereocenters. The number of nitrogens with zero attached hydrogens (tertiary/aromatic N) is 1. The van der Waals surface area contributed by atoms with Crippen LogP contribution in [0, 0.1) is 0 Å². The first-order valence-electron chi connectivity index (χ1n) is 9.64. The minimum Gasteiger partial charge on any atom is -0.493 e. The molecule has 0 radical (unpaired) electrons. The van der Waals surface area contributed by atoms with Gasteiger partial charge >= 0.3 is 0 Å². The molecule has 9 heteroatoms. The standard InChI is InChI=1S/C23H24N2O6S/c1-25(32(27,28)20-7-5-4-6-8-20)18-10-12-19(13-11-18)31-16-23(26)24-17-9-14-21(29-2)22(15-17)30-3/h4-15H,16H2,1-3H3,(H,24,26). The van der Waals surface area contributed by atoms with Crippen molar-refractivity contribution in [3.8, 4) is 17.2 Å². The highest BCUT2D eigenvalue weighted by atomic mass is 32.2. The molecule has 32 heavy (non-hydrogen) atoms. The summed E-state index contributed by atoms with van der Waals surface area (Å²) in [5.41, 5.74) is 1.01. The van der Waals surface area contributed by atoms with Crippen LogP contribution >= 0.6 is 0 Å². The van der Waals surface area contributed by atoms with Crippen LogP contribution in [0.1, 0.15) is 0 Å². The van der Waals surface area contributed by atoms with Gasteiger partial charge in [0, 0.05) is 18.8 Å². The summed E-state index contributed by atoms with van der Waals surface area (Å²) in [6.07, 6.45) is 0. The summed E-state index contributed by atoms with van der Waals surface area (Å²) in [5, 5.41) is 2.72. The van der Waals surface area contributed by atoms with Gasteiger partial charge in [0.2, 0.25) is 0 Å². The van der Waals surface area contributed by atoms with E-state index in [1.165, 1.54) is 25.6 Å². The highest BCUT2D eigenvalue weighted by molar-refractivity contribution is 7.92. The Morgan fingerprint density at radius 2 is 1.56 bits per heavy atom. The minimum atomic E-state index is -3.67. The maximum atomic E-state index is 12.7. The molecular formula is C23H24N2O6S. The molecule has 3 aromatic carbocycles. The molecule has 0 aliphatic heterocycles. The lowest BCUT2D eigenvalue weighted by molar-refractivity contribution is -0.118. The van der Waals surface area contributed by atoms with Gasteiger partial charge in [-0.1, -0.05) is 18.2 Å². The zero-order valence-electron chi connectivity index (χ0n) is 17.9. The lowest BCUT2D eigenvalue weighted by Crippen LogP contribution is -2.26. The number of nitrogens with one attached hydrogen (secondary N) is 1. The summed E-state index contributed by atoms with van der Waals surface area (Å²) in [6, 6.07) is 19.7. The molecule has 0 saturated carbocycles. The number of rotatable bonds is 9. The normalized spacial score (nSPS) is 10.8. The van der Waals surface area contributed by atoms with E-state index in [2.05, 4.69) is 5.32 Å². The molecule has 3 aromatic rings. The number of ether oxygens (including phenoxy) is 3. The third-order valence-electron chi connectivity index (χ3n) is 4.64. The Morgan fingerprint density at radius 1 is 0.906 bits per heavy atom. The van der Waals surface area contributed by atoms with Crippen molar-refractivity contribution in [2.75, 3.05) is 37.5 Å². The number of benzene rings is 3. The van der Waals surface area contributed by atoms with Crippen LogP contribution in [-0.4, -0.2) is 42.2 Å². The average Bonchev–Trinajstić information content (AvgIpc) is 2.83. The van der Waals surface area contributed by atoms with Gasteiger partial charge in [0.25, 0.3) is 15.9 Å². The third kappa shape index (κ3) is 5.30. The number of amides is 1. The van der Waals surface area contributed by atoms with Gasteiger partial charge < -0.3 is 19.5 Å². The maximum Gasteiger partial charge on any atom is 0.264 e. The van der Waals surface area contributed by atoms with Gasteiger partial charge in [0.15, 0.2) is 18.1 Å². The van der Waals surface area contributed by atoms with Crippen LogP contribution < -0.4 is 23.8 Å². The predicted molar refractivity (Wildman–Crippen MR) is 122 cm³/mol. The van der Waals surface area contributed by atoms with Gasteiger partial charge in [-0.05, 0) is 48.5 Å². The van der Waals surface area contributed by atoms with Crippen LogP contribution in [0.15, 0.2) is 77.7 Å². The predicted octanol–water partition coefficient (Wildman–Crippen LogP) is 3.55. The minimum absolute atomic E-state index is 0.203. The van der Waals surface area contributed by atoms with Crippen LogP contribution in [0.2, 0.25) is 0 Å². The van der Waals surface area contributed by atoms with Gasteiger partial charge in [-0.25, -0.2) is 8.42 Å². The Hall–Kier alpha value is -3.72. The molecule has 0 heterocycles. The molecule has 0 aliphatic rings. The molecule has 0 unspecified atom stereocenters. The van der Waals surface area contributed by atoms with E-state index in [0.29, 0.717) is 28.6 Å². The fourth-order valence-corrected chi connectivity index (χ4v) is 4.12. The number of hydrogen-bond acceptors (Lipinski definition) is 6. The number of hydrogen-bond donors (Lipinski definition) is 1. The van der Waals surface area contributed by atoms with E-state index in [9.17, 15) is 13.2 Å². The number of sulfonamides is 1. The first-order chi connectivity index (χ1) is 15.3. The fourth-order valence-electron chi connectivity index (χ4n) is 2.90. The summed E-state index contributed by atoms with van der Waals surface area (Å²) < 4.78 is 42.5. The van der Waals surface area contributed by atoms with E-state index in [4.69, 9.17) is 14.2 Å². The first-order valence-corrected chi connectivity index (χ1v) is 11.1. The molecule has 0 saturated heterocycles. The van der Waals surface area contributed by atoms with Gasteiger partial charge in [-0.15, -0.1) is 0 Å². The molecule has 0 aliphatic carbocycles. The summed E-state index contributed by atoms with van der Waals surface area (Å²) >= 11 is 0. The second-order valence-corrected chi connectivity index (χ2v) is 8.66. The molecule has 8 nitrogen and oxygen atoms in total. The van der Waals surface area contributed by atoms with Crippen molar-refractivity contribution in [1.82, 2.24) is 0 Å². The molecular weight excluding hydrogens is 432 g/mol. The van der Waals surface area contributed by atoms with Gasteiger partial charge in [-0.2, -0.15) is 0 Å². The van der Waals surface area contributed by atoms with Gasteiger partial charge in [0.1, 0.15) is 5.75 Å². The van der Waals surface area contributed by atoms with E-state index in [-0.39, 0.29) is 17.4 Å². The number of carbonyl (C=O) groups is 1. The van der Waals surface area contributed by atoms with Crippen molar-refractivity contribution >= 4 is 27.3 Å². The van der Waals surface area contributed by atoms with E-state index in [1.54, 1.807) is 72.8 Å². The third-order valence-corrected chi connectivity index (χ3v) is 6.44. The molecule has 1 N–H and O–H groups in total. The fraction of sp³-hybridized carbons (Fsp3) is 0.174. The first kappa shape index (κ1) is 23.0. The number of carbonyl (C=O) groups excluding carboxylic acids is 1. The Bertz CT molecular complexity index is 1160. The van der Waals surface area contributed by atoms with Gasteiger partial charge in [0.05, 0.1) is 24.8 Å². The monoisotopic (exact) mass is 456 g/mol. The smallest absolute Gasteiger partial charge is 0.264 e. The van der Waals surface area contributed by atoms with E-state index in [1.807, 2.05) is 0 Å². The van der Waals surface area contributed by atoms with Crippen molar-refractivity contribution < 1.29 is 27.4 Å². The average molecular weight is 457 g/mol. The summed E-state index contributed by atoms with van der Waals surface area (Å²) in [7, 11) is 0.859. The Labute approximate surface area is 187 Å². The summed E-state index contributed by atoms with van der Waals surface area (Å²) in [6.45, 7) is -0.216. The van der Waals surface area contributed by atoms with Crippen LogP contribution in [-0.2, 0) is 14.8 Å². The zero-order valence-corrected chi connectivity index (χ0v) is 18.8. The SMILES string of the molecule is COc1ccc(NC(=O)COc2ccc(N(C)S(=O)(=O)c3ccccc3)cc2)cc1OC. The molecule has 0 fully saturated rings. The Balaban J connectivity index is 1.59. The molecule has 0 aromatic heterocycles. The second-order valence-electron chi connectivity index (χ2n) is 6.69. The number of methoxy groups -OCH3 is 2. The van der Waals surface area contributed by atoms with Crippen molar-refractivity contribution in [3.63, 3.8) is 0 Å². The molecule has 0 spiro atoms. The molecule has 168 valence electrons. The summed E-state index contributed by atoms with van der Waals surface area (Å²) in [4.78, 5) is 12.4. The molecule has 1 amide bonds. The highest BCUT2D eigenvalue weighted by Gasteiger charge is 2.20. The van der Waals surface area contributed by atoms with Crippen molar-refractivity contribution in [1.29, 1.82) is 0 Å². The number of anilines is 2. The molecule has 0 bridgehead atoms. The quantitative estimate of drug-likeness (QED) is 0.529. The van der Waals surface area contributed by atoms with E-state index >= 15 is 0 Å². The lowest BCUT2D eigenvalue weighted by Gasteiger charge is -2.19. The van der Waals surface area contributed by atoms with Crippen LogP contribution in [0.25, 0.3) is 0 Å². The van der Waals surface area contributed by atoms with Crippen LogP contribution in [0.5, 0.6) is 17.2 Å².